The molecule has 33 heavy (non-hydrogen) atoms. The number of anilines is 1. The number of carbonyl (C=O) groups is 3. The Hall–Kier alpha value is -4.52. The molecule has 0 radical (unpaired) electrons. The lowest BCUT2D eigenvalue weighted by atomic mass is 10.0. The Bertz CT molecular complexity index is 1320. The van der Waals surface area contributed by atoms with Crippen LogP contribution in [-0.2, 0) is 9.53 Å². The molecule has 0 spiro atoms. The predicted octanol–water partition coefficient (Wildman–Crippen LogP) is 4.06. The van der Waals surface area contributed by atoms with Gasteiger partial charge in [0.2, 0.25) is 0 Å². The number of ether oxygens (including phenoxy) is 1. The van der Waals surface area contributed by atoms with Gasteiger partial charge in [0.05, 0.1) is 23.9 Å². The van der Waals surface area contributed by atoms with Crippen LogP contribution in [0.25, 0.3) is 22.2 Å². The molecule has 7 heteroatoms. The molecule has 3 aromatic carbocycles. The quantitative estimate of drug-likeness (QED) is 0.442. The fraction of sp³-hybridized carbons (Fsp3) is 0.0769. The minimum Gasteiger partial charge on any atom is -0.468 e. The molecule has 4 aromatic rings. The number of aromatic nitrogens is 1. The minimum atomic E-state index is -0.535. The van der Waals surface area contributed by atoms with E-state index in [9.17, 15) is 14.4 Å². The normalized spacial score (nSPS) is 10.5. The van der Waals surface area contributed by atoms with Crippen molar-refractivity contribution in [2.24, 2.45) is 0 Å². The first-order valence-corrected chi connectivity index (χ1v) is 10.3. The molecule has 0 aliphatic heterocycles. The van der Waals surface area contributed by atoms with Crippen molar-refractivity contribution in [2.75, 3.05) is 19.0 Å². The first-order chi connectivity index (χ1) is 16.0. The third-order valence-corrected chi connectivity index (χ3v) is 5.06. The van der Waals surface area contributed by atoms with Crippen LogP contribution in [-0.4, -0.2) is 36.4 Å². The maximum atomic E-state index is 13.2. The first-order valence-electron chi connectivity index (χ1n) is 10.3. The van der Waals surface area contributed by atoms with E-state index in [1.165, 1.54) is 7.11 Å². The molecule has 2 N–H and O–H groups in total. The van der Waals surface area contributed by atoms with E-state index >= 15 is 0 Å². The van der Waals surface area contributed by atoms with Gasteiger partial charge < -0.3 is 15.4 Å². The highest BCUT2D eigenvalue weighted by atomic mass is 16.5. The van der Waals surface area contributed by atoms with Gasteiger partial charge in [0.1, 0.15) is 6.54 Å². The molecule has 0 bridgehead atoms. The van der Waals surface area contributed by atoms with Crippen molar-refractivity contribution in [1.29, 1.82) is 0 Å². The van der Waals surface area contributed by atoms with E-state index in [-0.39, 0.29) is 12.5 Å². The third kappa shape index (κ3) is 5.04. The zero-order chi connectivity index (χ0) is 23.2. The van der Waals surface area contributed by atoms with Gasteiger partial charge >= 0.3 is 5.97 Å². The second kappa shape index (κ2) is 9.74. The van der Waals surface area contributed by atoms with Crippen molar-refractivity contribution in [3.63, 3.8) is 0 Å². The highest BCUT2D eigenvalue weighted by Gasteiger charge is 2.15. The van der Waals surface area contributed by atoms with Crippen molar-refractivity contribution in [3.8, 4) is 11.3 Å². The molecule has 0 saturated carbocycles. The number of amides is 2. The van der Waals surface area contributed by atoms with Crippen LogP contribution in [0.1, 0.15) is 20.7 Å². The first kappa shape index (κ1) is 21.7. The molecule has 0 unspecified atom stereocenters. The summed E-state index contributed by atoms with van der Waals surface area (Å²) < 4.78 is 4.50. The second-order valence-corrected chi connectivity index (χ2v) is 7.23. The third-order valence-electron chi connectivity index (χ3n) is 5.06. The fourth-order valence-electron chi connectivity index (χ4n) is 3.35. The summed E-state index contributed by atoms with van der Waals surface area (Å²) in [6.45, 7) is -0.216. The van der Waals surface area contributed by atoms with Crippen LogP contribution in [0.5, 0.6) is 0 Å². The summed E-state index contributed by atoms with van der Waals surface area (Å²) in [6.07, 6.45) is 0. The molecule has 2 amide bonds. The number of carbonyl (C=O) groups excluding carboxylic acids is 3. The van der Waals surface area contributed by atoms with Crippen molar-refractivity contribution in [2.45, 2.75) is 0 Å². The number of benzene rings is 3. The standard InChI is InChI=1S/C26H21N3O4/c1-33-24(30)16-27-25(31)18-11-13-19(14-12-18)28-26(32)21-15-23(17-7-3-2-4-8-17)29-22-10-6-5-9-20(21)22/h2-15H,16H2,1H3,(H,27,31)(H,28,32). The molecule has 164 valence electrons. The Morgan fingerprint density at radius 1 is 0.848 bits per heavy atom. The van der Waals surface area contributed by atoms with E-state index in [0.29, 0.717) is 22.5 Å². The van der Waals surface area contributed by atoms with Gasteiger partial charge in [-0.25, -0.2) is 4.98 Å². The van der Waals surface area contributed by atoms with Gasteiger partial charge in [0.25, 0.3) is 11.8 Å². The van der Waals surface area contributed by atoms with Gasteiger partial charge in [-0.05, 0) is 36.4 Å². The van der Waals surface area contributed by atoms with E-state index in [1.807, 2.05) is 54.6 Å². The number of hydrogen-bond acceptors (Lipinski definition) is 5. The lowest BCUT2D eigenvalue weighted by Gasteiger charge is -2.11. The summed E-state index contributed by atoms with van der Waals surface area (Å²) in [6, 6.07) is 25.3. The van der Waals surface area contributed by atoms with Crippen LogP contribution < -0.4 is 10.6 Å². The number of pyridine rings is 1. The van der Waals surface area contributed by atoms with Crippen LogP contribution in [0.15, 0.2) is 84.9 Å². The van der Waals surface area contributed by atoms with Crippen LogP contribution in [0.2, 0.25) is 0 Å². The molecule has 0 saturated heterocycles. The number of nitrogens with one attached hydrogen (secondary N) is 2. The Morgan fingerprint density at radius 2 is 1.55 bits per heavy atom. The summed E-state index contributed by atoms with van der Waals surface area (Å²) in [5, 5.41) is 6.10. The van der Waals surface area contributed by atoms with Gasteiger partial charge in [0, 0.05) is 22.2 Å². The molecule has 7 nitrogen and oxygen atoms in total. The van der Waals surface area contributed by atoms with Gasteiger partial charge in [-0.1, -0.05) is 48.5 Å². The summed E-state index contributed by atoms with van der Waals surface area (Å²) in [5.41, 5.74) is 3.74. The number of para-hydroxylation sites is 1. The molecule has 0 aliphatic carbocycles. The Balaban J connectivity index is 1.57. The Labute approximate surface area is 190 Å². The van der Waals surface area contributed by atoms with E-state index in [2.05, 4.69) is 15.4 Å². The van der Waals surface area contributed by atoms with Crippen LogP contribution >= 0.6 is 0 Å². The van der Waals surface area contributed by atoms with Gasteiger partial charge in [-0.3, -0.25) is 14.4 Å². The number of fused-ring (bicyclic) bond motifs is 1. The SMILES string of the molecule is COC(=O)CNC(=O)c1ccc(NC(=O)c2cc(-c3ccccc3)nc3ccccc23)cc1. The molecule has 1 aromatic heterocycles. The predicted molar refractivity (Wildman–Crippen MR) is 126 cm³/mol. The van der Waals surface area contributed by atoms with E-state index in [1.54, 1.807) is 30.3 Å². The molecular weight excluding hydrogens is 418 g/mol. The molecule has 1 heterocycles. The van der Waals surface area contributed by atoms with Crippen LogP contribution in [0.4, 0.5) is 5.69 Å². The van der Waals surface area contributed by atoms with Gasteiger partial charge in [-0.15, -0.1) is 0 Å². The monoisotopic (exact) mass is 439 g/mol. The Kier molecular flexibility index (Phi) is 6.40. The molecule has 0 atom stereocenters. The van der Waals surface area contributed by atoms with Crippen molar-refractivity contribution in [1.82, 2.24) is 10.3 Å². The summed E-state index contributed by atoms with van der Waals surface area (Å²) in [5.74, 6) is -1.23. The number of rotatable bonds is 6. The number of nitrogens with zero attached hydrogens (tertiary/aromatic N) is 1. The average Bonchev–Trinajstić information content (AvgIpc) is 2.87. The largest absolute Gasteiger partial charge is 0.468 e. The topological polar surface area (TPSA) is 97.4 Å². The number of hydrogen-bond donors (Lipinski definition) is 2. The number of esters is 1. The van der Waals surface area contributed by atoms with E-state index < -0.39 is 11.9 Å². The molecular formula is C26H21N3O4. The molecule has 4 rings (SSSR count). The summed E-state index contributed by atoms with van der Waals surface area (Å²) in [4.78, 5) is 41.2. The maximum Gasteiger partial charge on any atom is 0.325 e. The number of methoxy groups -OCH3 is 1. The zero-order valence-electron chi connectivity index (χ0n) is 17.9. The fourth-order valence-corrected chi connectivity index (χ4v) is 3.35. The maximum absolute atomic E-state index is 13.2. The average molecular weight is 439 g/mol. The van der Waals surface area contributed by atoms with E-state index in [0.717, 1.165) is 16.5 Å². The smallest absolute Gasteiger partial charge is 0.325 e. The Morgan fingerprint density at radius 3 is 2.27 bits per heavy atom. The van der Waals surface area contributed by atoms with Crippen molar-refractivity contribution in [3.05, 3.63) is 96.1 Å². The van der Waals surface area contributed by atoms with Crippen LogP contribution in [0.3, 0.4) is 0 Å². The van der Waals surface area contributed by atoms with Gasteiger partial charge in [-0.2, -0.15) is 0 Å². The minimum absolute atomic E-state index is 0.216. The summed E-state index contributed by atoms with van der Waals surface area (Å²) >= 11 is 0. The molecule has 0 aliphatic rings. The van der Waals surface area contributed by atoms with E-state index in [4.69, 9.17) is 4.98 Å². The zero-order valence-corrected chi connectivity index (χ0v) is 17.9. The summed E-state index contributed by atoms with van der Waals surface area (Å²) in [7, 11) is 1.25. The van der Waals surface area contributed by atoms with Crippen LogP contribution in [0, 0.1) is 0 Å². The van der Waals surface area contributed by atoms with Crippen molar-refractivity contribution >= 4 is 34.4 Å². The molecule has 0 fully saturated rings. The lowest BCUT2D eigenvalue weighted by molar-refractivity contribution is -0.139. The van der Waals surface area contributed by atoms with Gasteiger partial charge in [0.15, 0.2) is 0 Å². The van der Waals surface area contributed by atoms with Crippen molar-refractivity contribution < 1.29 is 19.1 Å². The highest BCUT2D eigenvalue weighted by molar-refractivity contribution is 6.13. The second-order valence-electron chi connectivity index (χ2n) is 7.23. The highest BCUT2D eigenvalue weighted by Crippen LogP contribution is 2.25. The lowest BCUT2D eigenvalue weighted by Crippen LogP contribution is -2.30.